The van der Waals surface area contributed by atoms with Crippen LogP contribution in [-0.2, 0) is 0 Å². The fourth-order valence-corrected chi connectivity index (χ4v) is 6.58. The molecule has 0 heterocycles. The Morgan fingerprint density at radius 1 is 0.286 bits per heavy atom. The lowest BCUT2D eigenvalue weighted by atomic mass is 9.92. The molecule has 0 unspecified atom stereocenters. The van der Waals surface area contributed by atoms with Crippen LogP contribution in [0, 0.1) is 0 Å². The van der Waals surface area contributed by atoms with Crippen LogP contribution < -0.4 is 0 Å². The van der Waals surface area contributed by atoms with Crippen LogP contribution in [0.4, 0.5) is 0 Å². The highest BCUT2D eigenvalue weighted by atomic mass is 14.1. The minimum absolute atomic E-state index is 0.0356. The van der Waals surface area contributed by atoms with Crippen LogP contribution in [0.15, 0.2) is 158 Å². The first-order valence-electron chi connectivity index (χ1n) is 16.3. The van der Waals surface area contributed by atoms with E-state index in [1.54, 1.807) is 0 Å². The summed E-state index contributed by atoms with van der Waals surface area (Å²) in [6, 6.07) is 45.4. The molecule has 0 atom stereocenters. The molecule has 0 spiro atoms. The van der Waals surface area contributed by atoms with Crippen LogP contribution in [0.25, 0.3) is 86.9 Å². The summed E-state index contributed by atoms with van der Waals surface area (Å²) >= 11 is 0. The summed E-state index contributed by atoms with van der Waals surface area (Å²) in [5.41, 5.74) is 2.01. The Kier molecular flexibility index (Phi) is 4.21. The molecule has 0 amide bonds. The van der Waals surface area contributed by atoms with Crippen LogP contribution >= 0.6 is 0 Å². The van der Waals surface area contributed by atoms with Crippen LogP contribution in [0.5, 0.6) is 0 Å². The monoisotopic (exact) mass is 534 g/mol. The Bertz CT molecular complexity index is 2710. The van der Waals surface area contributed by atoms with E-state index in [1.807, 2.05) is 48.5 Å². The molecule has 9 aromatic rings. The second-order valence-electron chi connectivity index (χ2n) is 11.0. The van der Waals surface area contributed by atoms with Gasteiger partial charge in [0.15, 0.2) is 0 Å². The molecule has 0 bridgehead atoms. The topological polar surface area (TPSA) is 0 Å². The first-order valence-corrected chi connectivity index (χ1v) is 14.3. The Balaban J connectivity index is 1.24. The molecular weight excluding hydrogens is 504 g/mol. The standard InChI is InChI=1S/C42H26/c1-3-9-35-29(7-1)18-22-40-38-21-19-31(24-33(38)20-23-39(35)40)27-12-14-30(15-13-27)37-11-5-8-32-25-34-17-16-28-6-2-4-10-36(28)42(34)26-41(32)37/h1-26H/i12D,13D,14D,15D. The molecule has 9 aromatic carbocycles. The minimum Gasteiger partial charge on any atom is -0.0616 e. The summed E-state index contributed by atoms with van der Waals surface area (Å²) < 4.78 is 36.7. The van der Waals surface area contributed by atoms with E-state index in [1.165, 1.54) is 16.2 Å². The van der Waals surface area contributed by atoms with E-state index < -0.39 is 0 Å². The van der Waals surface area contributed by atoms with Crippen molar-refractivity contribution in [3.8, 4) is 22.3 Å². The highest BCUT2D eigenvalue weighted by molar-refractivity contribution is 6.18. The van der Waals surface area contributed by atoms with Gasteiger partial charge in [-0.1, -0.05) is 139 Å². The SMILES string of the molecule is [2H]c1c([2H])c(-c2cccc3cc4ccc5ccccc5c4cc23)c([2H])c([2H])c1-c1ccc2c(ccc3c4ccccc4ccc23)c1. The zero-order valence-electron chi connectivity index (χ0n) is 26.7. The van der Waals surface area contributed by atoms with E-state index in [4.69, 9.17) is 2.74 Å². The van der Waals surface area contributed by atoms with Gasteiger partial charge in [0.1, 0.15) is 0 Å². The molecule has 0 heteroatoms. The molecule has 42 heavy (non-hydrogen) atoms. The Morgan fingerprint density at radius 2 is 0.810 bits per heavy atom. The maximum Gasteiger partial charge on any atom is 0.0629 e. The summed E-state index contributed by atoms with van der Waals surface area (Å²) in [4.78, 5) is 0. The molecule has 0 fully saturated rings. The predicted octanol–water partition coefficient (Wildman–Crippen LogP) is 11.9. The van der Waals surface area contributed by atoms with E-state index in [-0.39, 0.29) is 24.2 Å². The summed E-state index contributed by atoms with van der Waals surface area (Å²) in [7, 11) is 0. The molecule has 0 aliphatic heterocycles. The highest BCUT2D eigenvalue weighted by Crippen LogP contribution is 2.37. The van der Waals surface area contributed by atoms with Crippen LogP contribution in [0.1, 0.15) is 5.48 Å². The number of fused-ring (bicyclic) bond motifs is 9. The van der Waals surface area contributed by atoms with Gasteiger partial charge >= 0.3 is 0 Å². The highest BCUT2D eigenvalue weighted by Gasteiger charge is 2.10. The number of benzene rings is 9. The third-order valence-electron chi connectivity index (χ3n) is 8.67. The van der Waals surface area contributed by atoms with Crippen molar-refractivity contribution in [3.05, 3.63) is 158 Å². The van der Waals surface area contributed by atoms with Crippen LogP contribution in [0.3, 0.4) is 0 Å². The summed E-state index contributed by atoms with van der Waals surface area (Å²) in [5.74, 6) is 0. The van der Waals surface area contributed by atoms with E-state index in [2.05, 4.69) is 84.9 Å². The number of hydrogen-bond donors (Lipinski definition) is 0. The zero-order chi connectivity index (χ0) is 31.1. The third-order valence-corrected chi connectivity index (χ3v) is 8.67. The smallest absolute Gasteiger partial charge is 0.0616 e. The van der Waals surface area contributed by atoms with Gasteiger partial charge in [-0.05, 0) is 105 Å². The van der Waals surface area contributed by atoms with Crippen molar-refractivity contribution in [2.45, 2.75) is 0 Å². The van der Waals surface area contributed by atoms with Crippen LogP contribution in [0.2, 0.25) is 0 Å². The van der Waals surface area contributed by atoms with Crippen molar-refractivity contribution in [2.75, 3.05) is 0 Å². The lowest BCUT2D eigenvalue weighted by molar-refractivity contribution is 1.63. The largest absolute Gasteiger partial charge is 0.0629 e. The molecule has 0 aliphatic carbocycles. The lowest BCUT2D eigenvalue weighted by Gasteiger charge is -2.12. The van der Waals surface area contributed by atoms with Gasteiger partial charge in [-0.15, -0.1) is 0 Å². The minimum atomic E-state index is -0.0367. The second-order valence-corrected chi connectivity index (χ2v) is 11.0. The van der Waals surface area contributed by atoms with Crippen molar-refractivity contribution in [1.29, 1.82) is 0 Å². The Morgan fingerprint density at radius 3 is 1.60 bits per heavy atom. The van der Waals surface area contributed by atoms with Crippen molar-refractivity contribution in [3.63, 3.8) is 0 Å². The number of rotatable bonds is 2. The predicted molar refractivity (Wildman–Crippen MR) is 182 cm³/mol. The molecule has 0 nitrogen and oxygen atoms in total. The first-order chi connectivity index (χ1) is 22.5. The van der Waals surface area contributed by atoms with Gasteiger partial charge in [-0.3, -0.25) is 0 Å². The van der Waals surface area contributed by atoms with Crippen molar-refractivity contribution in [2.24, 2.45) is 0 Å². The summed E-state index contributed by atoms with van der Waals surface area (Å²) in [6.07, 6.45) is 0. The van der Waals surface area contributed by atoms with Crippen molar-refractivity contribution in [1.82, 2.24) is 0 Å². The van der Waals surface area contributed by atoms with Crippen LogP contribution in [-0.4, -0.2) is 0 Å². The molecule has 9 rings (SSSR count). The van der Waals surface area contributed by atoms with Gasteiger partial charge in [0.05, 0.1) is 5.48 Å². The number of hydrogen-bond acceptors (Lipinski definition) is 0. The Hall–Kier alpha value is -5.46. The second kappa shape index (κ2) is 9.03. The van der Waals surface area contributed by atoms with Gasteiger partial charge in [-0.25, -0.2) is 0 Å². The van der Waals surface area contributed by atoms with Gasteiger partial charge in [0.2, 0.25) is 0 Å². The third kappa shape index (κ3) is 3.56. The van der Waals surface area contributed by atoms with E-state index in [9.17, 15) is 2.74 Å². The summed E-state index contributed by atoms with van der Waals surface area (Å²) in [6.45, 7) is 0. The van der Waals surface area contributed by atoms with E-state index >= 15 is 0 Å². The van der Waals surface area contributed by atoms with E-state index in [0.29, 0.717) is 22.3 Å². The summed E-state index contributed by atoms with van der Waals surface area (Å²) in [5, 5.41) is 13.2. The van der Waals surface area contributed by atoms with Gasteiger partial charge < -0.3 is 0 Å². The van der Waals surface area contributed by atoms with Crippen molar-refractivity contribution < 1.29 is 5.48 Å². The fourth-order valence-electron chi connectivity index (χ4n) is 6.58. The average molecular weight is 535 g/mol. The molecule has 0 aromatic heterocycles. The van der Waals surface area contributed by atoms with Gasteiger partial charge in [-0.2, -0.15) is 0 Å². The lowest BCUT2D eigenvalue weighted by Crippen LogP contribution is -1.85. The van der Waals surface area contributed by atoms with E-state index in [0.717, 1.165) is 48.5 Å². The normalized spacial score (nSPS) is 13.1. The quantitative estimate of drug-likeness (QED) is 0.153. The average Bonchev–Trinajstić information content (AvgIpc) is 3.10. The van der Waals surface area contributed by atoms with Gasteiger partial charge in [0.25, 0.3) is 0 Å². The first kappa shape index (κ1) is 19.6. The molecule has 0 aliphatic rings. The molecule has 0 N–H and O–H groups in total. The molecule has 0 saturated heterocycles. The maximum atomic E-state index is 9.19. The molecule has 0 radical (unpaired) electrons. The molecular formula is C42H26. The molecule has 0 saturated carbocycles. The Labute approximate surface area is 249 Å². The van der Waals surface area contributed by atoms with Crippen molar-refractivity contribution >= 4 is 64.6 Å². The zero-order valence-corrected chi connectivity index (χ0v) is 22.7. The molecule has 194 valence electrons. The fraction of sp³-hybridized carbons (Fsp3) is 0. The maximum absolute atomic E-state index is 9.19. The van der Waals surface area contributed by atoms with Gasteiger partial charge in [0, 0.05) is 0 Å².